The summed E-state index contributed by atoms with van der Waals surface area (Å²) in [5.41, 5.74) is 1.02. The van der Waals surface area contributed by atoms with E-state index in [2.05, 4.69) is 14.8 Å². The second-order valence-electron chi connectivity index (χ2n) is 3.88. The van der Waals surface area contributed by atoms with Crippen LogP contribution < -0.4 is 5.32 Å². The number of halogens is 1. The highest BCUT2D eigenvalue weighted by Gasteiger charge is 2.21. The lowest BCUT2D eigenvalue weighted by Gasteiger charge is -2.15. The molecule has 0 aliphatic rings. The van der Waals surface area contributed by atoms with Crippen molar-refractivity contribution in [2.75, 3.05) is 14.2 Å². The van der Waals surface area contributed by atoms with Crippen LogP contribution in [0.15, 0.2) is 24.3 Å². The van der Waals surface area contributed by atoms with E-state index in [9.17, 15) is 9.59 Å². The minimum atomic E-state index is -0.729. The number of benzene rings is 1. The summed E-state index contributed by atoms with van der Waals surface area (Å²) in [6.45, 7) is 0. The molecule has 0 aromatic heterocycles. The first-order valence-corrected chi connectivity index (χ1v) is 6.11. The normalized spacial score (nSPS) is 11.5. The highest BCUT2D eigenvalue weighted by molar-refractivity contribution is 6.30. The molecule has 0 aliphatic carbocycles. The lowest BCUT2D eigenvalue weighted by molar-refractivity contribution is -0.143. The number of aryl methyl sites for hydroxylation is 1. The van der Waals surface area contributed by atoms with E-state index in [-0.39, 0.29) is 0 Å². The van der Waals surface area contributed by atoms with E-state index in [0.717, 1.165) is 5.56 Å². The summed E-state index contributed by atoms with van der Waals surface area (Å²) < 4.78 is 9.10. The molecule has 5 nitrogen and oxygen atoms in total. The van der Waals surface area contributed by atoms with Gasteiger partial charge in [-0.15, -0.1) is 0 Å². The number of carbonyl (C=O) groups excluding carboxylic acids is 2. The Balaban J connectivity index is 2.59. The molecule has 0 unspecified atom stereocenters. The number of amides is 1. The van der Waals surface area contributed by atoms with Crippen LogP contribution in [0, 0.1) is 0 Å². The number of nitrogens with one attached hydrogen (secondary N) is 1. The number of rotatable bonds is 5. The van der Waals surface area contributed by atoms with E-state index in [1.54, 1.807) is 12.1 Å². The molecule has 1 rings (SSSR count). The van der Waals surface area contributed by atoms with Crippen LogP contribution in [-0.4, -0.2) is 32.3 Å². The predicted molar refractivity (Wildman–Crippen MR) is 71.1 cm³/mol. The summed E-state index contributed by atoms with van der Waals surface area (Å²) in [7, 11) is 2.51. The predicted octanol–water partition coefficient (Wildman–Crippen LogP) is 2.17. The van der Waals surface area contributed by atoms with Crippen molar-refractivity contribution in [3.8, 4) is 0 Å². The molecule has 0 spiro atoms. The van der Waals surface area contributed by atoms with Gasteiger partial charge in [0.1, 0.15) is 6.04 Å². The van der Waals surface area contributed by atoms with Gasteiger partial charge in [0.05, 0.1) is 14.2 Å². The molecule has 19 heavy (non-hydrogen) atoms. The number of methoxy groups -OCH3 is 2. The van der Waals surface area contributed by atoms with E-state index in [4.69, 9.17) is 11.6 Å². The Kier molecular flexibility index (Phi) is 6.15. The number of hydrogen-bond donors (Lipinski definition) is 1. The fourth-order valence-corrected chi connectivity index (χ4v) is 1.68. The Bertz CT molecular complexity index is 433. The summed E-state index contributed by atoms with van der Waals surface area (Å²) in [6.07, 6.45) is 0.371. The summed E-state index contributed by atoms with van der Waals surface area (Å²) in [4.78, 5) is 22.7. The maximum absolute atomic E-state index is 11.5. The van der Waals surface area contributed by atoms with E-state index in [1.807, 2.05) is 12.1 Å². The number of esters is 1. The van der Waals surface area contributed by atoms with Crippen LogP contribution in [0.5, 0.6) is 0 Å². The first-order chi connectivity index (χ1) is 9.06. The van der Waals surface area contributed by atoms with Crippen molar-refractivity contribution in [2.24, 2.45) is 0 Å². The molecule has 0 fully saturated rings. The maximum Gasteiger partial charge on any atom is 0.407 e. The molecule has 0 radical (unpaired) electrons. The Morgan fingerprint density at radius 1 is 1.21 bits per heavy atom. The van der Waals surface area contributed by atoms with Crippen LogP contribution in [0.25, 0.3) is 0 Å². The molecule has 1 amide bonds. The monoisotopic (exact) mass is 285 g/mol. The number of ether oxygens (including phenoxy) is 2. The van der Waals surface area contributed by atoms with Crippen LogP contribution in [0.3, 0.4) is 0 Å². The fraction of sp³-hybridized carbons (Fsp3) is 0.385. The summed E-state index contributed by atoms with van der Waals surface area (Å²) in [5, 5.41) is 3.09. The molecule has 1 atom stereocenters. The first kappa shape index (κ1) is 15.3. The molecule has 0 saturated heterocycles. The van der Waals surface area contributed by atoms with Gasteiger partial charge in [-0.2, -0.15) is 0 Å². The average Bonchev–Trinajstić information content (AvgIpc) is 2.43. The third kappa shape index (κ3) is 5.18. The van der Waals surface area contributed by atoms with E-state index in [0.29, 0.717) is 17.9 Å². The minimum Gasteiger partial charge on any atom is -0.467 e. The Hall–Kier alpha value is -1.75. The Morgan fingerprint density at radius 3 is 2.37 bits per heavy atom. The smallest absolute Gasteiger partial charge is 0.407 e. The molecular weight excluding hydrogens is 270 g/mol. The van der Waals surface area contributed by atoms with E-state index in [1.165, 1.54) is 14.2 Å². The summed E-state index contributed by atoms with van der Waals surface area (Å²) >= 11 is 5.79. The van der Waals surface area contributed by atoms with Crippen molar-refractivity contribution in [1.29, 1.82) is 0 Å². The minimum absolute atomic E-state index is 0.420. The van der Waals surface area contributed by atoms with Gasteiger partial charge in [0.15, 0.2) is 0 Å². The number of alkyl carbamates (subject to hydrolysis) is 1. The van der Waals surface area contributed by atoms with Crippen LogP contribution in [-0.2, 0) is 20.7 Å². The highest BCUT2D eigenvalue weighted by atomic mass is 35.5. The molecule has 0 saturated carbocycles. The largest absolute Gasteiger partial charge is 0.467 e. The van der Waals surface area contributed by atoms with E-state index >= 15 is 0 Å². The van der Waals surface area contributed by atoms with Gasteiger partial charge in [-0.05, 0) is 30.5 Å². The van der Waals surface area contributed by atoms with Crippen molar-refractivity contribution in [1.82, 2.24) is 5.32 Å². The summed E-state index contributed by atoms with van der Waals surface area (Å²) in [5.74, 6) is -0.501. The SMILES string of the molecule is COC(=O)N[C@H](CCc1ccc(Cl)cc1)C(=O)OC. The molecule has 0 heterocycles. The van der Waals surface area contributed by atoms with Crippen LogP contribution in [0.1, 0.15) is 12.0 Å². The lowest BCUT2D eigenvalue weighted by Crippen LogP contribution is -2.41. The summed E-state index contributed by atoms with van der Waals surface area (Å²) in [6, 6.07) is 6.56. The van der Waals surface area contributed by atoms with Gasteiger partial charge < -0.3 is 14.8 Å². The van der Waals surface area contributed by atoms with Gasteiger partial charge >= 0.3 is 12.1 Å². The van der Waals surface area contributed by atoms with Gasteiger partial charge in [-0.25, -0.2) is 9.59 Å². The topological polar surface area (TPSA) is 64.6 Å². The quantitative estimate of drug-likeness (QED) is 0.842. The molecular formula is C13H16ClNO4. The lowest BCUT2D eigenvalue weighted by atomic mass is 10.1. The number of hydrogen-bond acceptors (Lipinski definition) is 4. The Labute approximate surface area is 116 Å². The first-order valence-electron chi connectivity index (χ1n) is 5.73. The van der Waals surface area contributed by atoms with Crippen LogP contribution in [0.4, 0.5) is 4.79 Å². The molecule has 0 bridgehead atoms. The maximum atomic E-state index is 11.5. The van der Waals surface area contributed by atoms with Crippen molar-refractivity contribution in [3.05, 3.63) is 34.9 Å². The van der Waals surface area contributed by atoms with Gasteiger partial charge in [-0.1, -0.05) is 23.7 Å². The zero-order valence-electron chi connectivity index (χ0n) is 10.8. The van der Waals surface area contributed by atoms with Crippen molar-refractivity contribution in [2.45, 2.75) is 18.9 Å². The van der Waals surface area contributed by atoms with Gasteiger partial charge in [0, 0.05) is 5.02 Å². The second kappa shape index (κ2) is 7.63. The molecule has 1 aromatic rings. The highest BCUT2D eigenvalue weighted by Crippen LogP contribution is 2.12. The molecule has 1 N–H and O–H groups in total. The molecule has 6 heteroatoms. The third-order valence-corrected chi connectivity index (χ3v) is 2.85. The van der Waals surface area contributed by atoms with Crippen molar-refractivity contribution in [3.63, 3.8) is 0 Å². The Morgan fingerprint density at radius 2 is 1.84 bits per heavy atom. The zero-order chi connectivity index (χ0) is 14.3. The molecule has 104 valence electrons. The van der Waals surface area contributed by atoms with Crippen LogP contribution in [0.2, 0.25) is 5.02 Å². The third-order valence-electron chi connectivity index (χ3n) is 2.60. The molecule has 0 aliphatic heterocycles. The van der Waals surface area contributed by atoms with Gasteiger partial charge in [-0.3, -0.25) is 0 Å². The fourth-order valence-electron chi connectivity index (χ4n) is 1.55. The zero-order valence-corrected chi connectivity index (χ0v) is 11.6. The van der Waals surface area contributed by atoms with E-state index < -0.39 is 18.1 Å². The number of carbonyl (C=O) groups is 2. The average molecular weight is 286 g/mol. The molecule has 1 aromatic carbocycles. The van der Waals surface area contributed by atoms with Crippen molar-refractivity contribution < 1.29 is 19.1 Å². The van der Waals surface area contributed by atoms with Gasteiger partial charge in [0.25, 0.3) is 0 Å². The van der Waals surface area contributed by atoms with Crippen molar-refractivity contribution >= 4 is 23.7 Å². The standard InChI is InChI=1S/C13H16ClNO4/c1-18-12(16)11(15-13(17)19-2)8-5-9-3-6-10(14)7-4-9/h3-4,6-7,11H,5,8H2,1-2H3,(H,15,17)/t11-/m1/s1. The second-order valence-corrected chi connectivity index (χ2v) is 4.31. The van der Waals surface area contributed by atoms with Crippen LogP contribution >= 0.6 is 11.6 Å². The van der Waals surface area contributed by atoms with Gasteiger partial charge in [0.2, 0.25) is 0 Å².